The molecule has 0 aliphatic carbocycles. The lowest BCUT2D eigenvalue weighted by Crippen LogP contribution is -2.17. The molecule has 0 unspecified atom stereocenters. The molecule has 0 saturated carbocycles. The fourth-order valence-corrected chi connectivity index (χ4v) is 2.61. The van der Waals surface area contributed by atoms with Crippen LogP contribution in [0.1, 0.15) is 31.8 Å². The van der Waals surface area contributed by atoms with Gasteiger partial charge in [-0.15, -0.1) is 0 Å². The van der Waals surface area contributed by atoms with E-state index in [1.807, 2.05) is 12.1 Å². The van der Waals surface area contributed by atoms with Crippen molar-refractivity contribution in [2.75, 3.05) is 10.6 Å². The van der Waals surface area contributed by atoms with Crippen LogP contribution in [0.15, 0.2) is 61.1 Å². The van der Waals surface area contributed by atoms with Gasteiger partial charge in [0.25, 0.3) is 5.91 Å². The molecule has 3 rings (SSSR count). The summed E-state index contributed by atoms with van der Waals surface area (Å²) < 4.78 is 0. The highest BCUT2D eigenvalue weighted by molar-refractivity contribution is 6.08. The second-order valence-electron chi connectivity index (χ2n) is 5.85. The first-order chi connectivity index (χ1) is 13.1. The third-order valence-electron chi connectivity index (χ3n) is 4.07. The number of carbonyl (C=O) groups is 2. The van der Waals surface area contributed by atoms with E-state index in [0.29, 0.717) is 29.2 Å². The number of aromatic carboxylic acids is 1. The van der Waals surface area contributed by atoms with Crippen molar-refractivity contribution in [2.24, 2.45) is 0 Å². The number of pyridine rings is 2. The Morgan fingerprint density at radius 1 is 1.00 bits per heavy atom. The molecule has 7 heteroatoms. The Morgan fingerprint density at radius 3 is 2.48 bits per heavy atom. The number of hydrogen-bond donors (Lipinski definition) is 3. The number of aromatic nitrogens is 2. The van der Waals surface area contributed by atoms with Crippen molar-refractivity contribution in [1.29, 1.82) is 0 Å². The lowest BCUT2D eigenvalue weighted by molar-refractivity contribution is 0.0695. The maximum Gasteiger partial charge on any atom is 0.336 e. The predicted molar refractivity (Wildman–Crippen MR) is 102 cm³/mol. The van der Waals surface area contributed by atoms with Gasteiger partial charge in [0.15, 0.2) is 0 Å². The molecule has 2 aromatic heterocycles. The largest absolute Gasteiger partial charge is 0.478 e. The maximum absolute atomic E-state index is 12.7. The minimum Gasteiger partial charge on any atom is -0.478 e. The summed E-state index contributed by atoms with van der Waals surface area (Å²) >= 11 is 0. The van der Waals surface area contributed by atoms with Gasteiger partial charge in [0.2, 0.25) is 0 Å². The van der Waals surface area contributed by atoms with Gasteiger partial charge >= 0.3 is 5.97 Å². The van der Waals surface area contributed by atoms with Gasteiger partial charge in [-0.1, -0.05) is 6.07 Å². The summed E-state index contributed by atoms with van der Waals surface area (Å²) in [5.41, 5.74) is 2.46. The quantitative estimate of drug-likeness (QED) is 0.621. The number of rotatable bonds is 6. The molecule has 0 aliphatic rings. The number of anilines is 2. The molecule has 27 heavy (non-hydrogen) atoms. The molecule has 136 valence electrons. The van der Waals surface area contributed by atoms with E-state index in [1.54, 1.807) is 49.8 Å². The molecule has 1 aromatic carbocycles. The van der Waals surface area contributed by atoms with Gasteiger partial charge in [-0.3, -0.25) is 9.78 Å². The van der Waals surface area contributed by atoms with Crippen molar-refractivity contribution < 1.29 is 14.7 Å². The molecule has 0 fully saturated rings. The maximum atomic E-state index is 12.7. The van der Waals surface area contributed by atoms with E-state index >= 15 is 0 Å². The van der Waals surface area contributed by atoms with Gasteiger partial charge in [-0.2, -0.15) is 0 Å². The lowest BCUT2D eigenvalue weighted by atomic mass is 10.1. The Labute approximate surface area is 156 Å². The van der Waals surface area contributed by atoms with Crippen LogP contribution in [0.3, 0.4) is 0 Å². The van der Waals surface area contributed by atoms with E-state index in [-0.39, 0.29) is 11.5 Å². The summed E-state index contributed by atoms with van der Waals surface area (Å²) in [4.78, 5) is 32.2. The highest BCUT2D eigenvalue weighted by atomic mass is 16.4. The summed E-state index contributed by atoms with van der Waals surface area (Å²) in [6.07, 6.45) is 4.99. The highest BCUT2D eigenvalue weighted by Gasteiger charge is 2.16. The molecule has 0 radical (unpaired) electrons. The summed E-state index contributed by atoms with van der Waals surface area (Å²) in [5, 5.41) is 15.1. The van der Waals surface area contributed by atoms with E-state index in [2.05, 4.69) is 20.6 Å². The van der Waals surface area contributed by atoms with Gasteiger partial charge in [-0.05, 0) is 54.4 Å². The first-order valence-corrected chi connectivity index (χ1v) is 8.28. The average Bonchev–Trinajstić information content (AvgIpc) is 2.68. The number of carboxylic acid groups (broad SMARTS) is 1. The Morgan fingerprint density at radius 2 is 1.74 bits per heavy atom. The highest BCUT2D eigenvalue weighted by Crippen LogP contribution is 2.21. The van der Waals surface area contributed by atoms with Crippen LogP contribution >= 0.6 is 0 Å². The number of nitrogens with one attached hydrogen (secondary N) is 2. The molecular formula is C20H18N4O3. The number of hydrogen-bond acceptors (Lipinski definition) is 5. The van der Waals surface area contributed by atoms with Crippen molar-refractivity contribution >= 4 is 23.4 Å². The monoisotopic (exact) mass is 362 g/mol. The summed E-state index contributed by atoms with van der Waals surface area (Å²) in [6.45, 7) is 2.15. The van der Waals surface area contributed by atoms with E-state index < -0.39 is 5.97 Å². The Bertz CT molecular complexity index is 974. The van der Waals surface area contributed by atoms with Crippen LogP contribution in [-0.2, 0) is 6.54 Å². The Kier molecular flexibility index (Phi) is 5.41. The minimum absolute atomic E-state index is 0.148. The third kappa shape index (κ3) is 4.27. The fourth-order valence-electron chi connectivity index (χ4n) is 2.61. The lowest BCUT2D eigenvalue weighted by Gasteiger charge is -2.13. The molecule has 0 spiro atoms. The summed E-state index contributed by atoms with van der Waals surface area (Å²) in [7, 11) is 0. The molecule has 2 heterocycles. The van der Waals surface area contributed by atoms with Crippen LogP contribution in [-0.4, -0.2) is 27.0 Å². The van der Waals surface area contributed by atoms with E-state index in [9.17, 15) is 14.7 Å². The second-order valence-corrected chi connectivity index (χ2v) is 5.85. The first-order valence-electron chi connectivity index (χ1n) is 8.28. The molecule has 1 amide bonds. The molecule has 3 aromatic rings. The molecule has 0 saturated heterocycles. The minimum atomic E-state index is -1.04. The summed E-state index contributed by atoms with van der Waals surface area (Å²) in [6, 6.07) is 11.8. The number of amides is 1. The second kappa shape index (κ2) is 8.09. The van der Waals surface area contributed by atoms with Crippen molar-refractivity contribution in [3.8, 4) is 0 Å². The molecular weight excluding hydrogens is 344 g/mol. The van der Waals surface area contributed by atoms with Crippen LogP contribution in [0.25, 0.3) is 0 Å². The van der Waals surface area contributed by atoms with Gasteiger partial charge in [0.1, 0.15) is 5.82 Å². The topological polar surface area (TPSA) is 104 Å². The van der Waals surface area contributed by atoms with Crippen LogP contribution in [0.2, 0.25) is 0 Å². The van der Waals surface area contributed by atoms with Crippen molar-refractivity contribution in [1.82, 2.24) is 9.97 Å². The van der Waals surface area contributed by atoms with Crippen molar-refractivity contribution in [3.05, 3.63) is 83.3 Å². The smallest absolute Gasteiger partial charge is 0.336 e. The standard InChI is InChI=1S/C20H18N4O3/c1-13-15(20(26)27)4-2-6-17(13)24-19(25)16-5-3-9-22-18(16)23-12-14-7-10-21-11-8-14/h2-11H,12H2,1H3,(H,22,23)(H,24,25)(H,26,27). The predicted octanol–water partition coefficient (Wildman–Crippen LogP) is 3.35. The number of nitrogens with zero attached hydrogens (tertiary/aromatic N) is 2. The van der Waals surface area contributed by atoms with Crippen LogP contribution in [0.4, 0.5) is 11.5 Å². The zero-order chi connectivity index (χ0) is 19.2. The number of benzene rings is 1. The molecule has 0 aliphatic heterocycles. The van der Waals surface area contributed by atoms with Gasteiger partial charge < -0.3 is 15.7 Å². The van der Waals surface area contributed by atoms with Gasteiger partial charge in [-0.25, -0.2) is 9.78 Å². The van der Waals surface area contributed by atoms with Crippen LogP contribution in [0.5, 0.6) is 0 Å². The first kappa shape index (κ1) is 18.1. The Hall–Kier alpha value is -3.74. The SMILES string of the molecule is Cc1c(NC(=O)c2cccnc2NCc2ccncc2)cccc1C(=O)O. The van der Waals surface area contributed by atoms with E-state index in [0.717, 1.165) is 5.56 Å². The normalized spacial score (nSPS) is 10.3. The van der Waals surface area contributed by atoms with Crippen LogP contribution < -0.4 is 10.6 Å². The number of carbonyl (C=O) groups excluding carboxylic acids is 1. The number of carboxylic acids is 1. The van der Waals surface area contributed by atoms with E-state index in [4.69, 9.17) is 0 Å². The average molecular weight is 362 g/mol. The van der Waals surface area contributed by atoms with Crippen molar-refractivity contribution in [2.45, 2.75) is 13.5 Å². The van der Waals surface area contributed by atoms with Gasteiger partial charge in [0, 0.05) is 30.8 Å². The van der Waals surface area contributed by atoms with Crippen LogP contribution in [0, 0.1) is 6.92 Å². The third-order valence-corrected chi connectivity index (χ3v) is 4.07. The molecule has 0 bridgehead atoms. The summed E-state index contributed by atoms with van der Waals surface area (Å²) in [5.74, 6) is -0.963. The van der Waals surface area contributed by atoms with Crippen molar-refractivity contribution in [3.63, 3.8) is 0 Å². The fraction of sp³-hybridized carbons (Fsp3) is 0.100. The zero-order valence-electron chi connectivity index (χ0n) is 14.6. The van der Waals surface area contributed by atoms with E-state index in [1.165, 1.54) is 6.07 Å². The zero-order valence-corrected chi connectivity index (χ0v) is 14.6. The van der Waals surface area contributed by atoms with Gasteiger partial charge in [0.05, 0.1) is 11.1 Å². The Balaban J connectivity index is 1.80. The molecule has 0 atom stereocenters. The molecule has 7 nitrogen and oxygen atoms in total. The molecule has 3 N–H and O–H groups in total.